The summed E-state index contributed by atoms with van der Waals surface area (Å²) in [5.74, 6) is 0.205. The van der Waals surface area contributed by atoms with Crippen LogP contribution in [0.25, 0.3) is 0 Å². The molecule has 2 rings (SSSR count). The molecule has 1 aliphatic rings. The van der Waals surface area contributed by atoms with Crippen LogP contribution >= 0.6 is 0 Å². The Morgan fingerprint density at radius 3 is 2.55 bits per heavy atom. The van der Waals surface area contributed by atoms with Crippen molar-refractivity contribution in [2.75, 3.05) is 19.6 Å². The average molecular weight is 285 g/mol. The summed E-state index contributed by atoms with van der Waals surface area (Å²) in [6, 6.07) is 4.29. The van der Waals surface area contributed by atoms with E-state index >= 15 is 0 Å². The number of nitrogens with zero attached hydrogens (tertiary/aromatic N) is 3. The first-order valence-corrected chi connectivity index (χ1v) is 6.28. The average Bonchev–Trinajstić information content (AvgIpc) is 2.41. The molecule has 1 aromatic rings. The monoisotopic (exact) mass is 285 g/mol. The van der Waals surface area contributed by atoms with Gasteiger partial charge in [-0.1, -0.05) is 0 Å². The molecule has 1 aliphatic heterocycles. The second-order valence-electron chi connectivity index (χ2n) is 4.63. The summed E-state index contributed by atoms with van der Waals surface area (Å²) in [6.07, 6.45) is -2.18. The lowest BCUT2D eigenvalue weighted by Gasteiger charge is -2.30. The highest BCUT2D eigenvalue weighted by Crippen LogP contribution is 2.29. The Balaban J connectivity index is 1.87. The first-order chi connectivity index (χ1) is 9.49. The molecule has 1 aromatic heterocycles. The van der Waals surface area contributed by atoms with Crippen LogP contribution in [0, 0.1) is 11.3 Å². The highest BCUT2D eigenvalue weighted by atomic mass is 19.4. The van der Waals surface area contributed by atoms with Crippen LogP contribution in [0.1, 0.15) is 18.4 Å². The smallest absolute Gasteiger partial charge is 0.417 e. The van der Waals surface area contributed by atoms with Gasteiger partial charge in [-0.2, -0.15) is 18.4 Å². The number of halogens is 3. The van der Waals surface area contributed by atoms with Gasteiger partial charge in [-0.3, -0.25) is 4.90 Å². The molecule has 0 spiro atoms. The van der Waals surface area contributed by atoms with Crippen LogP contribution in [0.4, 0.5) is 13.2 Å². The molecule has 1 saturated heterocycles. The van der Waals surface area contributed by atoms with E-state index in [2.05, 4.69) is 11.1 Å². The Hall–Kier alpha value is -1.81. The van der Waals surface area contributed by atoms with Crippen molar-refractivity contribution in [2.24, 2.45) is 0 Å². The number of alkyl halides is 3. The fourth-order valence-electron chi connectivity index (χ4n) is 2.07. The maximum absolute atomic E-state index is 12.4. The Morgan fingerprint density at radius 1 is 1.35 bits per heavy atom. The first kappa shape index (κ1) is 14.6. The molecule has 0 radical (unpaired) electrons. The van der Waals surface area contributed by atoms with E-state index in [0.29, 0.717) is 6.54 Å². The molecule has 0 saturated carbocycles. The van der Waals surface area contributed by atoms with Gasteiger partial charge in [0.2, 0.25) is 5.88 Å². The third-order valence-corrected chi connectivity index (χ3v) is 3.18. The molecule has 1 fully saturated rings. The normalized spacial score (nSPS) is 17.7. The summed E-state index contributed by atoms with van der Waals surface area (Å²) < 4.78 is 42.7. The topological polar surface area (TPSA) is 49.2 Å². The van der Waals surface area contributed by atoms with Crippen molar-refractivity contribution in [2.45, 2.75) is 25.1 Å². The van der Waals surface area contributed by atoms with Gasteiger partial charge < -0.3 is 4.74 Å². The van der Waals surface area contributed by atoms with Gasteiger partial charge in [0.25, 0.3) is 0 Å². The van der Waals surface area contributed by atoms with Gasteiger partial charge in [0, 0.05) is 25.4 Å². The Kier molecular flexibility index (Phi) is 4.45. The predicted molar refractivity (Wildman–Crippen MR) is 64.9 cm³/mol. The van der Waals surface area contributed by atoms with Gasteiger partial charge in [0.1, 0.15) is 6.10 Å². The number of piperidine rings is 1. The largest absolute Gasteiger partial charge is 0.474 e. The maximum atomic E-state index is 12.4. The van der Waals surface area contributed by atoms with Gasteiger partial charge in [0.15, 0.2) is 0 Å². The van der Waals surface area contributed by atoms with Gasteiger partial charge in [0.05, 0.1) is 18.2 Å². The second kappa shape index (κ2) is 6.09. The first-order valence-electron chi connectivity index (χ1n) is 6.28. The van der Waals surface area contributed by atoms with Crippen molar-refractivity contribution in [1.82, 2.24) is 9.88 Å². The molecular formula is C13H14F3N3O. The molecule has 0 aromatic carbocycles. The Bertz CT molecular complexity index is 473. The van der Waals surface area contributed by atoms with Crippen LogP contribution in [0.5, 0.6) is 5.88 Å². The lowest BCUT2D eigenvalue weighted by Crippen LogP contribution is -2.38. The van der Waals surface area contributed by atoms with Crippen LogP contribution in [-0.4, -0.2) is 35.6 Å². The molecule has 4 nitrogen and oxygen atoms in total. The quantitative estimate of drug-likeness (QED) is 0.800. The molecule has 0 amide bonds. The van der Waals surface area contributed by atoms with E-state index in [-0.39, 0.29) is 12.0 Å². The fraction of sp³-hybridized carbons (Fsp3) is 0.538. The summed E-state index contributed by atoms with van der Waals surface area (Å²) in [5.41, 5.74) is -0.784. The van der Waals surface area contributed by atoms with Crippen LogP contribution < -0.4 is 4.74 Å². The van der Waals surface area contributed by atoms with Gasteiger partial charge >= 0.3 is 6.18 Å². The highest BCUT2D eigenvalue weighted by Gasteiger charge is 2.31. The van der Waals surface area contributed by atoms with E-state index in [1.165, 1.54) is 6.07 Å². The Morgan fingerprint density at radius 2 is 2.05 bits per heavy atom. The molecule has 2 heterocycles. The maximum Gasteiger partial charge on any atom is 0.417 e. The Labute approximate surface area is 114 Å². The lowest BCUT2D eigenvalue weighted by atomic mass is 10.1. The summed E-state index contributed by atoms with van der Waals surface area (Å²) >= 11 is 0. The van der Waals surface area contributed by atoms with E-state index in [0.717, 1.165) is 38.2 Å². The van der Waals surface area contributed by atoms with Crippen molar-refractivity contribution in [3.8, 4) is 11.9 Å². The number of rotatable bonds is 3. The van der Waals surface area contributed by atoms with Crippen molar-refractivity contribution in [3.63, 3.8) is 0 Å². The molecule has 0 atom stereocenters. The third kappa shape index (κ3) is 3.84. The minimum atomic E-state index is -4.38. The van der Waals surface area contributed by atoms with Gasteiger partial charge in [-0.15, -0.1) is 0 Å². The van der Waals surface area contributed by atoms with Crippen LogP contribution in [0.2, 0.25) is 0 Å². The van der Waals surface area contributed by atoms with Crippen molar-refractivity contribution < 1.29 is 17.9 Å². The number of aromatic nitrogens is 1. The molecule has 0 N–H and O–H groups in total. The number of hydrogen-bond donors (Lipinski definition) is 0. The number of nitriles is 1. The summed E-state index contributed by atoms with van der Waals surface area (Å²) in [6.45, 7) is 1.89. The standard InChI is InChI=1S/C13H14F3N3O/c14-13(15,16)10-1-2-12(18-9-10)20-11-3-6-19(7-4-11)8-5-17/h1-2,9,11H,3-4,6-8H2. The van der Waals surface area contributed by atoms with E-state index in [9.17, 15) is 13.2 Å². The van der Waals surface area contributed by atoms with E-state index in [4.69, 9.17) is 10.00 Å². The van der Waals surface area contributed by atoms with Gasteiger partial charge in [-0.05, 0) is 18.9 Å². The van der Waals surface area contributed by atoms with Crippen LogP contribution in [0.15, 0.2) is 18.3 Å². The van der Waals surface area contributed by atoms with Crippen molar-refractivity contribution in [3.05, 3.63) is 23.9 Å². The highest BCUT2D eigenvalue weighted by molar-refractivity contribution is 5.20. The molecule has 0 bridgehead atoms. The number of hydrogen-bond acceptors (Lipinski definition) is 4. The molecule has 7 heteroatoms. The lowest BCUT2D eigenvalue weighted by molar-refractivity contribution is -0.137. The minimum absolute atomic E-state index is 0.0609. The number of ether oxygens (including phenoxy) is 1. The molecule has 0 unspecified atom stereocenters. The summed E-state index contributed by atoms with van der Waals surface area (Å²) in [7, 11) is 0. The molecule has 20 heavy (non-hydrogen) atoms. The molecular weight excluding hydrogens is 271 g/mol. The zero-order valence-electron chi connectivity index (χ0n) is 10.7. The summed E-state index contributed by atoms with van der Waals surface area (Å²) in [4.78, 5) is 5.70. The zero-order valence-corrected chi connectivity index (χ0v) is 10.7. The minimum Gasteiger partial charge on any atom is -0.474 e. The van der Waals surface area contributed by atoms with Crippen LogP contribution in [-0.2, 0) is 6.18 Å². The van der Waals surface area contributed by atoms with Crippen molar-refractivity contribution in [1.29, 1.82) is 5.26 Å². The van der Waals surface area contributed by atoms with E-state index in [1.54, 1.807) is 0 Å². The summed E-state index contributed by atoms with van der Waals surface area (Å²) in [5, 5.41) is 8.59. The molecule has 108 valence electrons. The third-order valence-electron chi connectivity index (χ3n) is 3.18. The van der Waals surface area contributed by atoms with Gasteiger partial charge in [-0.25, -0.2) is 4.98 Å². The van der Waals surface area contributed by atoms with E-state index < -0.39 is 11.7 Å². The zero-order chi connectivity index (χ0) is 14.6. The predicted octanol–water partition coefficient (Wildman–Crippen LogP) is 2.47. The van der Waals surface area contributed by atoms with E-state index in [1.807, 2.05) is 4.90 Å². The second-order valence-corrected chi connectivity index (χ2v) is 4.63. The SMILES string of the molecule is N#CCN1CCC(Oc2ccc(C(F)(F)F)cn2)CC1. The van der Waals surface area contributed by atoms with Crippen LogP contribution in [0.3, 0.4) is 0 Å². The fourth-order valence-corrected chi connectivity index (χ4v) is 2.07. The van der Waals surface area contributed by atoms with Crippen molar-refractivity contribution >= 4 is 0 Å². The molecule has 0 aliphatic carbocycles. The number of pyridine rings is 1. The number of likely N-dealkylation sites (tertiary alicyclic amines) is 1.